The van der Waals surface area contributed by atoms with Crippen LogP contribution in [0.2, 0.25) is 0 Å². The third-order valence-corrected chi connectivity index (χ3v) is 6.43. The first-order chi connectivity index (χ1) is 11.4. The van der Waals surface area contributed by atoms with Gasteiger partial charge in [-0.25, -0.2) is 0 Å². The predicted molar refractivity (Wildman–Crippen MR) is 103 cm³/mol. The molecule has 4 unspecified atom stereocenters. The number of ether oxygens (including phenoxy) is 2. The van der Waals surface area contributed by atoms with E-state index in [1.807, 2.05) is 21.1 Å². The predicted octanol–water partition coefficient (Wildman–Crippen LogP) is 4.15. The molecule has 6 nitrogen and oxygen atoms in total. The van der Waals surface area contributed by atoms with Crippen LogP contribution >= 0.6 is 20.4 Å². The SMILES string of the molecule is CC=C(CCCC)SC(C1CCCO1)C(OC)(O[PH+]=O)[N+](C)(C)C.[OH-]. The minimum absolute atomic E-state index is 0. The lowest BCUT2D eigenvalue weighted by Crippen LogP contribution is -2.66. The van der Waals surface area contributed by atoms with E-state index in [0.717, 1.165) is 38.7 Å². The van der Waals surface area contributed by atoms with Crippen LogP contribution in [-0.2, 0) is 18.6 Å². The van der Waals surface area contributed by atoms with E-state index >= 15 is 0 Å². The summed E-state index contributed by atoms with van der Waals surface area (Å²) >= 11 is 1.76. The Morgan fingerprint density at radius 3 is 2.56 bits per heavy atom. The van der Waals surface area contributed by atoms with Gasteiger partial charge >= 0.3 is 14.6 Å². The van der Waals surface area contributed by atoms with Gasteiger partial charge in [0.15, 0.2) is 5.25 Å². The Morgan fingerprint density at radius 1 is 1.48 bits per heavy atom. The minimum atomic E-state index is -1.03. The maximum atomic E-state index is 11.4. The van der Waals surface area contributed by atoms with Crippen LogP contribution < -0.4 is 0 Å². The molecule has 1 heterocycles. The molecule has 0 saturated carbocycles. The highest BCUT2D eigenvalue weighted by Gasteiger charge is 2.60. The van der Waals surface area contributed by atoms with Crippen LogP contribution in [0.5, 0.6) is 0 Å². The molecule has 0 radical (unpaired) electrons. The molecule has 0 aromatic heterocycles. The van der Waals surface area contributed by atoms with E-state index in [1.165, 1.54) is 4.91 Å². The molecule has 1 fully saturated rings. The first-order valence-electron chi connectivity index (χ1n) is 8.71. The molecule has 4 atom stereocenters. The van der Waals surface area contributed by atoms with Crippen molar-refractivity contribution in [3.05, 3.63) is 11.0 Å². The summed E-state index contributed by atoms with van der Waals surface area (Å²) in [7, 11) is 6.77. The summed E-state index contributed by atoms with van der Waals surface area (Å²) < 4.78 is 29.5. The quantitative estimate of drug-likeness (QED) is 0.297. The molecule has 25 heavy (non-hydrogen) atoms. The Balaban J connectivity index is 0.00000576. The van der Waals surface area contributed by atoms with Crippen LogP contribution in [0.25, 0.3) is 0 Å². The van der Waals surface area contributed by atoms with Crippen LogP contribution in [0.3, 0.4) is 0 Å². The molecule has 1 saturated heterocycles. The average Bonchev–Trinajstić information content (AvgIpc) is 3.06. The highest BCUT2D eigenvalue weighted by atomic mass is 32.2. The van der Waals surface area contributed by atoms with Crippen molar-refractivity contribution in [3.63, 3.8) is 0 Å². The fraction of sp³-hybridized carbons (Fsp3) is 0.882. The summed E-state index contributed by atoms with van der Waals surface area (Å²) in [6.45, 7) is 5.03. The van der Waals surface area contributed by atoms with Crippen LogP contribution in [0.4, 0.5) is 0 Å². The number of hydrogen-bond donors (Lipinski definition) is 0. The zero-order chi connectivity index (χ0) is 18.2. The molecule has 0 aliphatic carbocycles. The van der Waals surface area contributed by atoms with Crippen molar-refractivity contribution in [3.8, 4) is 0 Å². The van der Waals surface area contributed by atoms with E-state index in [1.54, 1.807) is 18.9 Å². The van der Waals surface area contributed by atoms with E-state index < -0.39 is 14.6 Å². The fourth-order valence-electron chi connectivity index (χ4n) is 3.08. The van der Waals surface area contributed by atoms with Crippen molar-refractivity contribution in [1.82, 2.24) is 0 Å². The standard InChI is InChI=1S/C17H34NO4PS.H2O/c1-7-9-11-14(8-2)24-16(15-12-10-13-21-15)17(20-6,22-23-19)18(3,4)5;/h8,15-16,23H,7,9-13H2,1-6H3;1H2/q+2;/p-1. The van der Waals surface area contributed by atoms with Crippen molar-refractivity contribution < 1.29 is 28.5 Å². The second-order valence-corrected chi connectivity index (χ2v) is 8.62. The van der Waals surface area contributed by atoms with Gasteiger partial charge in [-0.1, -0.05) is 23.9 Å². The van der Waals surface area contributed by atoms with Gasteiger partial charge in [0, 0.05) is 13.7 Å². The zero-order valence-corrected chi connectivity index (χ0v) is 18.2. The van der Waals surface area contributed by atoms with Gasteiger partial charge in [0.25, 0.3) is 0 Å². The summed E-state index contributed by atoms with van der Waals surface area (Å²) in [6.07, 6.45) is 7.55. The minimum Gasteiger partial charge on any atom is -0.870 e. The van der Waals surface area contributed by atoms with E-state index in [9.17, 15) is 4.57 Å². The molecule has 0 spiro atoms. The molecule has 1 N–H and O–H groups in total. The second-order valence-electron chi connectivity index (χ2n) is 6.98. The number of methoxy groups -OCH3 is 1. The van der Waals surface area contributed by atoms with E-state index in [-0.39, 0.29) is 16.8 Å². The molecule has 0 bridgehead atoms. The molecule has 1 rings (SSSR count). The number of nitrogens with zero attached hydrogens (tertiary/aromatic N) is 1. The van der Waals surface area contributed by atoms with Crippen molar-refractivity contribution in [2.75, 3.05) is 34.9 Å². The zero-order valence-electron chi connectivity index (χ0n) is 16.4. The maximum Gasteiger partial charge on any atom is 0.502 e. The summed E-state index contributed by atoms with van der Waals surface area (Å²) in [4.78, 5) is 1.31. The lowest BCUT2D eigenvalue weighted by Gasteiger charge is -2.45. The smallest absolute Gasteiger partial charge is 0.502 e. The number of hydrogen-bond acceptors (Lipinski definition) is 6. The molecule has 148 valence electrons. The van der Waals surface area contributed by atoms with Gasteiger partial charge in [-0.3, -0.25) is 4.48 Å². The molecule has 0 aromatic carbocycles. The summed E-state index contributed by atoms with van der Waals surface area (Å²) in [5.74, 6) is -1.03. The maximum absolute atomic E-state index is 11.4. The summed E-state index contributed by atoms with van der Waals surface area (Å²) in [5, 5.41) is -0.0884. The highest BCUT2D eigenvalue weighted by Crippen LogP contribution is 2.44. The lowest BCUT2D eigenvalue weighted by molar-refractivity contribution is -0.974. The largest absolute Gasteiger partial charge is 0.870 e. The van der Waals surface area contributed by atoms with Gasteiger partial charge in [-0.15, -0.1) is 11.8 Å². The second kappa shape index (κ2) is 11.7. The van der Waals surface area contributed by atoms with Crippen LogP contribution in [0.15, 0.2) is 11.0 Å². The Morgan fingerprint density at radius 2 is 2.16 bits per heavy atom. The third kappa shape index (κ3) is 6.28. The summed E-state index contributed by atoms with van der Waals surface area (Å²) in [5.41, 5.74) is 0. The topological polar surface area (TPSA) is 74.8 Å². The van der Waals surface area contributed by atoms with Gasteiger partial charge in [0.05, 0.1) is 27.2 Å². The molecule has 0 amide bonds. The lowest BCUT2D eigenvalue weighted by atomic mass is 10.1. The molecular formula is C17H35NO5PS+. The van der Waals surface area contributed by atoms with Crippen molar-refractivity contribution in [2.24, 2.45) is 0 Å². The van der Waals surface area contributed by atoms with Crippen LogP contribution in [-0.4, -0.2) is 62.1 Å². The van der Waals surface area contributed by atoms with Crippen LogP contribution in [0, 0.1) is 0 Å². The molecule has 8 heteroatoms. The van der Waals surface area contributed by atoms with Gasteiger partial charge in [0.2, 0.25) is 0 Å². The first-order valence-corrected chi connectivity index (χ1v) is 10.4. The van der Waals surface area contributed by atoms with E-state index in [2.05, 4.69) is 19.9 Å². The normalized spacial score (nSPS) is 22.5. The first kappa shape index (κ1) is 25.0. The van der Waals surface area contributed by atoms with Crippen LogP contribution in [0.1, 0.15) is 46.0 Å². The van der Waals surface area contributed by atoms with Gasteiger partial charge in [-0.05, 0) is 42.1 Å². The summed E-state index contributed by atoms with van der Waals surface area (Å²) in [6, 6.07) is 0. The van der Waals surface area contributed by atoms with E-state index in [0.29, 0.717) is 4.48 Å². The number of quaternary nitrogens is 1. The number of thioether (sulfide) groups is 1. The molecule has 0 aromatic rings. The molecular weight excluding hydrogens is 361 g/mol. The Bertz CT molecular complexity index is 424. The number of rotatable bonds is 11. The Hall–Kier alpha value is -0.0100. The van der Waals surface area contributed by atoms with Gasteiger partial charge < -0.3 is 14.9 Å². The van der Waals surface area contributed by atoms with Gasteiger partial charge in [-0.2, -0.15) is 0 Å². The van der Waals surface area contributed by atoms with Gasteiger partial charge in [0.1, 0.15) is 0 Å². The fourth-order valence-corrected chi connectivity index (χ4v) is 5.47. The van der Waals surface area contributed by atoms with Crippen molar-refractivity contribution in [1.29, 1.82) is 0 Å². The number of allylic oxidation sites excluding steroid dienone is 2. The average molecular weight is 397 g/mol. The van der Waals surface area contributed by atoms with E-state index in [4.69, 9.17) is 14.0 Å². The Kier molecular flexibility index (Phi) is 11.6. The molecule has 1 aliphatic heterocycles. The monoisotopic (exact) mass is 396 g/mol. The van der Waals surface area contributed by atoms with Crippen molar-refractivity contribution >= 4 is 20.4 Å². The number of unbranched alkanes of at least 4 members (excludes halogenated alkanes) is 1. The van der Waals surface area contributed by atoms with Crippen molar-refractivity contribution in [2.45, 2.75) is 63.2 Å². The molecule has 1 aliphatic rings. The Labute approximate surface area is 158 Å². The highest BCUT2D eigenvalue weighted by molar-refractivity contribution is 8.03. The third-order valence-electron chi connectivity index (χ3n) is 4.45.